The van der Waals surface area contributed by atoms with E-state index in [0.29, 0.717) is 12.1 Å². The van der Waals surface area contributed by atoms with Crippen molar-refractivity contribution >= 4 is 10.0 Å². The van der Waals surface area contributed by atoms with E-state index in [0.717, 1.165) is 11.6 Å². The van der Waals surface area contributed by atoms with Crippen molar-refractivity contribution in [3.63, 3.8) is 0 Å². The zero-order chi connectivity index (χ0) is 18.0. The van der Waals surface area contributed by atoms with Crippen LogP contribution in [0.4, 0.5) is 13.2 Å². The monoisotopic (exact) mass is 361 g/mol. The maximum absolute atomic E-state index is 12.6. The van der Waals surface area contributed by atoms with E-state index in [1.165, 1.54) is 23.7 Å². The second-order valence-electron chi connectivity index (χ2n) is 5.46. The Bertz CT molecular complexity index is 796. The second-order valence-corrected chi connectivity index (χ2v) is 7.22. The Morgan fingerprint density at radius 3 is 2.33 bits per heavy atom. The molecule has 1 heterocycles. The summed E-state index contributed by atoms with van der Waals surface area (Å²) in [6.45, 7) is 3.68. The lowest BCUT2D eigenvalue weighted by molar-refractivity contribution is -0.141. The van der Waals surface area contributed by atoms with E-state index in [1.807, 2.05) is 6.92 Å². The topological polar surface area (TPSA) is 64.0 Å². The highest BCUT2D eigenvalue weighted by molar-refractivity contribution is 7.89. The third-order valence-electron chi connectivity index (χ3n) is 3.44. The first-order valence-electron chi connectivity index (χ1n) is 7.27. The number of aryl methyl sites for hydroxylation is 3. The third-order valence-corrected chi connectivity index (χ3v) is 4.92. The average Bonchev–Trinajstić information content (AvgIpc) is 2.85. The van der Waals surface area contributed by atoms with Gasteiger partial charge in [-0.2, -0.15) is 18.3 Å². The van der Waals surface area contributed by atoms with Gasteiger partial charge in [0.15, 0.2) is 5.69 Å². The van der Waals surface area contributed by atoms with Gasteiger partial charge < -0.3 is 0 Å². The number of rotatable bonds is 6. The first-order valence-corrected chi connectivity index (χ1v) is 8.76. The molecule has 2 rings (SSSR count). The van der Waals surface area contributed by atoms with Crippen LogP contribution in [0.5, 0.6) is 0 Å². The fraction of sp³-hybridized carbons (Fsp3) is 0.400. The van der Waals surface area contributed by atoms with Crippen molar-refractivity contribution in [3.05, 3.63) is 47.3 Å². The SMILES string of the molecule is Cc1ccc(S(=O)(=O)NCCCn2nc(C(F)(F)F)cc2C)cc1. The van der Waals surface area contributed by atoms with Crippen LogP contribution in [0.25, 0.3) is 0 Å². The number of halogens is 3. The lowest BCUT2D eigenvalue weighted by atomic mass is 10.2. The molecule has 24 heavy (non-hydrogen) atoms. The summed E-state index contributed by atoms with van der Waals surface area (Å²) in [6.07, 6.45) is -4.16. The molecule has 1 aromatic carbocycles. The molecule has 0 radical (unpaired) electrons. The Balaban J connectivity index is 1.91. The van der Waals surface area contributed by atoms with E-state index in [2.05, 4.69) is 9.82 Å². The largest absolute Gasteiger partial charge is 0.435 e. The lowest BCUT2D eigenvalue weighted by Gasteiger charge is -2.08. The van der Waals surface area contributed by atoms with Crippen LogP contribution < -0.4 is 4.72 Å². The second kappa shape index (κ2) is 6.94. The molecule has 9 heteroatoms. The Hall–Kier alpha value is -1.87. The quantitative estimate of drug-likeness (QED) is 0.805. The van der Waals surface area contributed by atoms with Gasteiger partial charge in [0.05, 0.1) is 4.90 Å². The Kier molecular flexibility index (Phi) is 5.34. The molecule has 0 saturated heterocycles. The normalized spacial score (nSPS) is 12.5. The number of sulfonamides is 1. The van der Waals surface area contributed by atoms with Gasteiger partial charge in [-0.05, 0) is 38.5 Å². The number of aromatic nitrogens is 2. The number of nitrogens with zero attached hydrogens (tertiary/aromatic N) is 2. The summed E-state index contributed by atoms with van der Waals surface area (Å²) in [4.78, 5) is 0.155. The first kappa shape index (κ1) is 18.5. The minimum atomic E-state index is -4.48. The molecule has 0 bridgehead atoms. The summed E-state index contributed by atoms with van der Waals surface area (Å²) in [7, 11) is -3.62. The van der Waals surface area contributed by atoms with E-state index in [-0.39, 0.29) is 18.0 Å². The molecule has 1 N–H and O–H groups in total. The minimum absolute atomic E-state index is 0.108. The predicted octanol–water partition coefficient (Wildman–Crippen LogP) is 2.89. The molecule has 0 unspecified atom stereocenters. The maximum atomic E-state index is 12.6. The van der Waals surface area contributed by atoms with Crippen molar-refractivity contribution in [1.29, 1.82) is 0 Å². The van der Waals surface area contributed by atoms with Gasteiger partial charge in [-0.3, -0.25) is 4.68 Å². The van der Waals surface area contributed by atoms with Gasteiger partial charge in [-0.25, -0.2) is 13.1 Å². The molecule has 5 nitrogen and oxygen atoms in total. The Morgan fingerprint density at radius 2 is 1.79 bits per heavy atom. The van der Waals surface area contributed by atoms with Crippen molar-refractivity contribution < 1.29 is 21.6 Å². The zero-order valence-corrected chi connectivity index (χ0v) is 14.1. The molecular formula is C15H18F3N3O2S. The van der Waals surface area contributed by atoms with Gasteiger partial charge in [-0.1, -0.05) is 17.7 Å². The summed E-state index contributed by atoms with van der Waals surface area (Å²) in [5.41, 5.74) is 0.382. The molecule has 0 spiro atoms. The molecule has 0 fully saturated rings. The van der Waals surface area contributed by atoms with E-state index in [9.17, 15) is 21.6 Å². The zero-order valence-electron chi connectivity index (χ0n) is 13.3. The van der Waals surface area contributed by atoms with Crippen molar-refractivity contribution in [2.45, 2.75) is 37.9 Å². The Morgan fingerprint density at radius 1 is 1.17 bits per heavy atom. The first-order chi connectivity index (χ1) is 11.1. The number of benzene rings is 1. The lowest BCUT2D eigenvalue weighted by Crippen LogP contribution is -2.25. The fourth-order valence-electron chi connectivity index (χ4n) is 2.11. The third kappa shape index (κ3) is 4.57. The molecule has 0 saturated carbocycles. The molecule has 132 valence electrons. The van der Waals surface area contributed by atoms with Gasteiger partial charge in [0.1, 0.15) is 0 Å². The van der Waals surface area contributed by atoms with Crippen LogP contribution in [0, 0.1) is 13.8 Å². The molecule has 0 aliphatic heterocycles. The van der Waals surface area contributed by atoms with E-state index in [1.54, 1.807) is 12.1 Å². The fourth-order valence-corrected chi connectivity index (χ4v) is 3.19. The van der Waals surface area contributed by atoms with Crippen LogP contribution in [-0.2, 0) is 22.7 Å². The molecule has 1 aromatic heterocycles. The van der Waals surface area contributed by atoms with Crippen molar-refractivity contribution in [3.8, 4) is 0 Å². The predicted molar refractivity (Wildman–Crippen MR) is 83.0 cm³/mol. The van der Waals surface area contributed by atoms with Crippen LogP contribution in [0.1, 0.15) is 23.4 Å². The smallest absolute Gasteiger partial charge is 0.269 e. The van der Waals surface area contributed by atoms with Gasteiger partial charge in [0.2, 0.25) is 10.0 Å². The van der Waals surface area contributed by atoms with Crippen molar-refractivity contribution in [2.24, 2.45) is 0 Å². The molecule has 0 aliphatic rings. The summed E-state index contributed by atoms with van der Waals surface area (Å²) >= 11 is 0. The van der Waals surface area contributed by atoms with Crippen LogP contribution in [-0.4, -0.2) is 24.7 Å². The van der Waals surface area contributed by atoms with Crippen LogP contribution >= 0.6 is 0 Å². The van der Waals surface area contributed by atoms with E-state index >= 15 is 0 Å². The van der Waals surface area contributed by atoms with Crippen LogP contribution in [0.15, 0.2) is 35.2 Å². The van der Waals surface area contributed by atoms with Crippen LogP contribution in [0.2, 0.25) is 0 Å². The van der Waals surface area contributed by atoms with Gasteiger partial charge >= 0.3 is 6.18 Å². The summed E-state index contributed by atoms with van der Waals surface area (Å²) in [5, 5.41) is 3.50. The van der Waals surface area contributed by atoms with Gasteiger partial charge in [0, 0.05) is 18.8 Å². The molecule has 2 aromatic rings. The molecule has 0 amide bonds. The summed E-state index contributed by atoms with van der Waals surface area (Å²) in [6, 6.07) is 7.37. The average molecular weight is 361 g/mol. The minimum Gasteiger partial charge on any atom is -0.269 e. The van der Waals surface area contributed by atoms with E-state index < -0.39 is 21.9 Å². The summed E-state index contributed by atoms with van der Waals surface area (Å²) < 4.78 is 65.5. The number of alkyl halides is 3. The van der Waals surface area contributed by atoms with E-state index in [4.69, 9.17) is 0 Å². The Labute approximate surface area is 138 Å². The highest BCUT2D eigenvalue weighted by Crippen LogP contribution is 2.28. The number of hydrogen-bond donors (Lipinski definition) is 1. The maximum Gasteiger partial charge on any atom is 0.435 e. The standard InChI is InChI=1S/C15H18F3N3O2S/c1-11-4-6-13(7-5-11)24(22,23)19-8-3-9-21-12(2)10-14(20-21)15(16,17)18/h4-7,10,19H,3,8-9H2,1-2H3. The number of nitrogens with one attached hydrogen (secondary N) is 1. The summed E-state index contributed by atoms with van der Waals surface area (Å²) in [5.74, 6) is 0. The molecule has 0 atom stereocenters. The highest BCUT2D eigenvalue weighted by atomic mass is 32.2. The number of hydrogen-bond acceptors (Lipinski definition) is 3. The molecule has 0 aliphatic carbocycles. The van der Waals surface area contributed by atoms with Crippen LogP contribution in [0.3, 0.4) is 0 Å². The van der Waals surface area contributed by atoms with Crippen molar-refractivity contribution in [1.82, 2.24) is 14.5 Å². The molecular weight excluding hydrogens is 343 g/mol. The van der Waals surface area contributed by atoms with Crippen molar-refractivity contribution in [2.75, 3.05) is 6.54 Å². The van der Waals surface area contributed by atoms with Gasteiger partial charge in [0.25, 0.3) is 0 Å². The highest BCUT2D eigenvalue weighted by Gasteiger charge is 2.34. The van der Waals surface area contributed by atoms with Gasteiger partial charge in [-0.15, -0.1) is 0 Å².